The van der Waals surface area contributed by atoms with Gasteiger partial charge in [-0.05, 0) is 38.1 Å². The minimum Gasteiger partial charge on any atom is -0.493 e. The highest BCUT2D eigenvalue weighted by Crippen LogP contribution is 2.32. The van der Waals surface area contributed by atoms with Crippen molar-refractivity contribution in [3.05, 3.63) is 34.2 Å². The zero-order chi connectivity index (χ0) is 23.3. The van der Waals surface area contributed by atoms with E-state index >= 15 is 0 Å². The van der Waals surface area contributed by atoms with Crippen molar-refractivity contribution < 1.29 is 14.3 Å². The molecule has 1 aliphatic rings. The average molecular weight is 445 g/mol. The molecule has 0 saturated carbocycles. The zero-order valence-corrected chi connectivity index (χ0v) is 19.9. The molecule has 32 heavy (non-hydrogen) atoms. The number of rotatable bonds is 9. The largest absolute Gasteiger partial charge is 0.493 e. The van der Waals surface area contributed by atoms with E-state index in [0.717, 1.165) is 39.1 Å². The number of hydrogen-bond donors (Lipinski definition) is 1. The highest BCUT2D eigenvalue weighted by atomic mass is 16.5. The summed E-state index contributed by atoms with van der Waals surface area (Å²) in [6.45, 7) is 10.5. The van der Waals surface area contributed by atoms with Gasteiger partial charge in [-0.2, -0.15) is 0 Å². The number of nitrogens with one attached hydrogen (secondary N) is 1. The molecule has 0 unspecified atom stereocenters. The molecule has 1 amide bonds. The number of carbonyl (C=O) groups is 1. The number of nitrogens with zero attached hydrogens (tertiary/aromatic N) is 3. The van der Waals surface area contributed by atoms with Crippen LogP contribution in [-0.2, 0) is 6.54 Å². The van der Waals surface area contributed by atoms with Crippen LogP contribution in [0.5, 0.6) is 11.5 Å². The number of hydrogen-bond acceptors (Lipinski definition) is 6. The van der Waals surface area contributed by atoms with E-state index in [2.05, 4.69) is 22.2 Å². The summed E-state index contributed by atoms with van der Waals surface area (Å²) in [5.41, 5.74) is 0.335. The Morgan fingerprint density at radius 2 is 1.69 bits per heavy atom. The SMILES string of the molecule is COc1cc2c(C(=O)NCCCN3CCN(C)CC3)cn(CC(C)C)c(=O)c2cc1OC. The number of amides is 1. The van der Waals surface area contributed by atoms with Gasteiger partial charge in [0.05, 0.1) is 25.2 Å². The lowest BCUT2D eigenvalue weighted by molar-refractivity contribution is 0.0950. The predicted molar refractivity (Wildman–Crippen MR) is 127 cm³/mol. The van der Waals surface area contributed by atoms with Crippen molar-refractivity contribution in [1.29, 1.82) is 0 Å². The van der Waals surface area contributed by atoms with Gasteiger partial charge in [0.2, 0.25) is 0 Å². The normalized spacial score (nSPS) is 15.3. The Morgan fingerprint density at radius 1 is 1.06 bits per heavy atom. The first-order chi connectivity index (χ1) is 15.3. The minimum atomic E-state index is -0.182. The summed E-state index contributed by atoms with van der Waals surface area (Å²) in [7, 11) is 5.22. The first-order valence-corrected chi connectivity index (χ1v) is 11.3. The number of piperazine rings is 1. The van der Waals surface area contributed by atoms with Gasteiger partial charge in [0.25, 0.3) is 11.5 Å². The standard InChI is InChI=1S/C24H36N4O4/c1-17(2)15-28-16-20(18-13-21(31-4)22(32-5)14-19(18)24(28)30)23(29)25-7-6-8-27-11-9-26(3)10-12-27/h13-14,16-17H,6-12,15H2,1-5H3,(H,25,29). The van der Waals surface area contributed by atoms with E-state index in [1.807, 2.05) is 13.8 Å². The Labute approximate surface area is 190 Å². The van der Waals surface area contributed by atoms with Crippen LogP contribution in [0.15, 0.2) is 23.1 Å². The van der Waals surface area contributed by atoms with Gasteiger partial charge in [-0.15, -0.1) is 0 Å². The van der Waals surface area contributed by atoms with Crippen LogP contribution < -0.4 is 20.3 Å². The molecule has 2 heterocycles. The van der Waals surface area contributed by atoms with Gasteiger partial charge >= 0.3 is 0 Å². The van der Waals surface area contributed by atoms with Crippen LogP contribution in [-0.4, -0.2) is 80.8 Å². The number of likely N-dealkylation sites (N-methyl/N-ethyl adjacent to an activating group) is 1. The third-order valence-electron chi connectivity index (χ3n) is 5.93. The molecule has 1 aliphatic heterocycles. The number of methoxy groups -OCH3 is 2. The molecule has 0 atom stereocenters. The highest BCUT2D eigenvalue weighted by Gasteiger charge is 2.19. The van der Waals surface area contributed by atoms with E-state index < -0.39 is 0 Å². The molecule has 1 aromatic carbocycles. The number of carbonyl (C=O) groups excluding carboxylic acids is 1. The lowest BCUT2D eigenvalue weighted by atomic mass is 10.0. The predicted octanol–water partition coefficient (Wildman–Crippen LogP) is 2.04. The molecule has 1 fully saturated rings. The van der Waals surface area contributed by atoms with Crippen molar-refractivity contribution in [2.45, 2.75) is 26.8 Å². The quantitative estimate of drug-likeness (QED) is 0.597. The summed E-state index contributed by atoms with van der Waals surface area (Å²) in [5, 5.41) is 4.07. The minimum absolute atomic E-state index is 0.138. The molecular weight excluding hydrogens is 408 g/mol. The van der Waals surface area contributed by atoms with Crippen LogP contribution in [0.3, 0.4) is 0 Å². The van der Waals surface area contributed by atoms with Crippen LogP contribution in [0.25, 0.3) is 10.8 Å². The van der Waals surface area contributed by atoms with Gasteiger partial charge in [0.15, 0.2) is 11.5 Å². The number of pyridine rings is 1. The summed E-state index contributed by atoms with van der Waals surface area (Å²) in [5.74, 6) is 1.05. The Kier molecular flexibility index (Phi) is 8.15. The second-order valence-electron chi connectivity index (χ2n) is 8.90. The summed E-state index contributed by atoms with van der Waals surface area (Å²) in [6.07, 6.45) is 2.56. The van der Waals surface area contributed by atoms with Gasteiger partial charge in [-0.25, -0.2) is 0 Å². The third kappa shape index (κ3) is 5.61. The Bertz CT molecular complexity index is 994. The van der Waals surface area contributed by atoms with E-state index in [1.165, 1.54) is 7.11 Å². The van der Waals surface area contributed by atoms with Gasteiger partial charge in [-0.1, -0.05) is 13.8 Å². The lowest BCUT2D eigenvalue weighted by Crippen LogP contribution is -2.45. The molecule has 0 radical (unpaired) electrons. The fraction of sp³-hybridized carbons (Fsp3) is 0.583. The zero-order valence-electron chi connectivity index (χ0n) is 19.9. The molecule has 0 aliphatic carbocycles. The monoisotopic (exact) mass is 444 g/mol. The van der Waals surface area contributed by atoms with Crippen molar-refractivity contribution in [2.24, 2.45) is 5.92 Å². The van der Waals surface area contributed by atoms with Crippen molar-refractivity contribution in [1.82, 2.24) is 19.7 Å². The summed E-state index contributed by atoms with van der Waals surface area (Å²) in [6, 6.07) is 3.38. The molecular formula is C24H36N4O4. The Hall–Kier alpha value is -2.58. The van der Waals surface area contributed by atoms with E-state index in [1.54, 1.807) is 30.0 Å². The molecule has 0 bridgehead atoms. The third-order valence-corrected chi connectivity index (χ3v) is 5.93. The van der Waals surface area contributed by atoms with Crippen LogP contribution in [0.2, 0.25) is 0 Å². The first-order valence-electron chi connectivity index (χ1n) is 11.3. The van der Waals surface area contributed by atoms with Crippen LogP contribution in [0.1, 0.15) is 30.6 Å². The second kappa shape index (κ2) is 10.8. The first kappa shape index (κ1) is 24.1. The molecule has 8 nitrogen and oxygen atoms in total. The maximum Gasteiger partial charge on any atom is 0.258 e. The van der Waals surface area contributed by atoms with Crippen molar-refractivity contribution in [2.75, 3.05) is 60.5 Å². The maximum atomic E-state index is 13.1. The van der Waals surface area contributed by atoms with E-state index in [0.29, 0.717) is 40.9 Å². The fourth-order valence-electron chi connectivity index (χ4n) is 4.10. The number of benzene rings is 1. The van der Waals surface area contributed by atoms with Gasteiger partial charge < -0.3 is 29.2 Å². The van der Waals surface area contributed by atoms with Crippen LogP contribution >= 0.6 is 0 Å². The van der Waals surface area contributed by atoms with Gasteiger partial charge in [0.1, 0.15) is 0 Å². The number of ether oxygens (including phenoxy) is 2. The molecule has 0 spiro atoms. The maximum absolute atomic E-state index is 13.1. The molecule has 3 rings (SSSR count). The van der Waals surface area contributed by atoms with E-state index in [4.69, 9.17) is 9.47 Å². The Morgan fingerprint density at radius 3 is 2.28 bits per heavy atom. The Balaban J connectivity index is 1.82. The number of fused-ring (bicyclic) bond motifs is 1. The second-order valence-corrected chi connectivity index (χ2v) is 8.90. The lowest BCUT2D eigenvalue weighted by Gasteiger charge is -2.32. The van der Waals surface area contributed by atoms with Crippen LogP contribution in [0, 0.1) is 5.92 Å². The summed E-state index contributed by atoms with van der Waals surface area (Å²) < 4.78 is 12.4. The molecule has 176 valence electrons. The number of aromatic nitrogens is 1. The van der Waals surface area contributed by atoms with Crippen LogP contribution in [0.4, 0.5) is 0 Å². The van der Waals surface area contributed by atoms with Crippen molar-refractivity contribution in [3.8, 4) is 11.5 Å². The summed E-state index contributed by atoms with van der Waals surface area (Å²) >= 11 is 0. The van der Waals surface area contributed by atoms with Crippen molar-refractivity contribution in [3.63, 3.8) is 0 Å². The van der Waals surface area contributed by atoms with E-state index in [-0.39, 0.29) is 17.4 Å². The molecule has 2 aromatic rings. The van der Waals surface area contributed by atoms with Gasteiger partial charge in [-0.3, -0.25) is 9.59 Å². The average Bonchev–Trinajstić information content (AvgIpc) is 2.78. The fourth-order valence-corrected chi connectivity index (χ4v) is 4.10. The molecule has 1 aromatic heterocycles. The smallest absolute Gasteiger partial charge is 0.258 e. The van der Waals surface area contributed by atoms with Crippen molar-refractivity contribution >= 4 is 16.7 Å². The molecule has 1 N–H and O–H groups in total. The van der Waals surface area contributed by atoms with Gasteiger partial charge in [0, 0.05) is 50.9 Å². The highest BCUT2D eigenvalue weighted by molar-refractivity contribution is 6.07. The van der Waals surface area contributed by atoms with E-state index in [9.17, 15) is 9.59 Å². The molecule has 8 heteroatoms. The topological polar surface area (TPSA) is 76.0 Å². The summed E-state index contributed by atoms with van der Waals surface area (Å²) in [4.78, 5) is 31.0. The molecule has 1 saturated heterocycles.